The van der Waals surface area contributed by atoms with Crippen molar-refractivity contribution < 1.29 is 9.53 Å². The first-order chi connectivity index (χ1) is 6.29. The van der Waals surface area contributed by atoms with Gasteiger partial charge in [-0.25, -0.2) is 0 Å². The number of hydrogen-bond acceptors (Lipinski definition) is 2. The maximum Gasteiger partial charge on any atom is 0.248 e. The van der Waals surface area contributed by atoms with Crippen LogP contribution in [0.1, 0.15) is 33.1 Å². The summed E-state index contributed by atoms with van der Waals surface area (Å²) in [6, 6.07) is 0.521. The van der Waals surface area contributed by atoms with Crippen LogP contribution in [0.4, 0.5) is 0 Å². The molecule has 0 radical (unpaired) electrons. The van der Waals surface area contributed by atoms with E-state index in [1.165, 1.54) is 12.8 Å². The largest absolute Gasteiger partial charge is 0.372 e. The predicted octanol–water partition coefficient (Wildman–Crippen LogP) is 1.42. The van der Waals surface area contributed by atoms with Gasteiger partial charge in [-0.15, -0.1) is 0 Å². The molecule has 3 heteroatoms. The van der Waals surface area contributed by atoms with E-state index < -0.39 is 0 Å². The summed E-state index contributed by atoms with van der Waals surface area (Å²) >= 11 is 0. The van der Waals surface area contributed by atoms with Crippen LogP contribution in [-0.2, 0) is 9.53 Å². The highest BCUT2D eigenvalue weighted by Crippen LogP contribution is 2.26. The highest BCUT2D eigenvalue weighted by atomic mass is 16.5. The molecular weight excluding hydrogens is 166 g/mol. The van der Waals surface area contributed by atoms with Gasteiger partial charge in [-0.05, 0) is 26.2 Å². The summed E-state index contributed by atoms with van der Waals surface area (Å²) in [5.74, 6) is 0.159. The minimum absolute atomic E-state index is 0.159. The van der Waals surface area contributed by atoms with E-state index in [9.17, 15) is 4.79 Å². The molecule has 0 spiro atoms. The summed E-state index contributed by atoms with van der Waals surface area (Å²) in [5, 5.41) is 0. The fourth-order valence-electron chi connectivity index (χ4n) is 1.41. The smallest absolute Gasteiger partial charge is 0.248 e. The maximum absolute atomic E-state index is 11.6. The van der Waals surface area contributed by atoms with E-state index >= 15 is 0 Å². The van der Waals surface area contributed by atoms with Crippen molar-refractivity contribution in [1.29, 1.82) is 0 Å². The Balaban J connectivity index is 2.29. The Labute approximate surface area is 80.1 Å². The van der Waals surface area contributed by atoms with Crippen LogP contribution in [-0.4, -0.2) is 36.6 Å². The highest BCUT2D eigenvalue weighted by molar-refractivity contribution is 5.78. The molecule has 0 aromatic carbocycles. The molecule has 0 aliphatic heterocycles. The molecule has 1 rings (SSSR count). The van der Waals surface area contributed by atoms with Gasteiger partial charge in [0, 0.05) is 19.2 Å². The zero-order chi connectivity index (χ0) is 9.68. The molecule has 13 heavy (non-hydrogen) atoms. The second kappa shape index (κ2) is 5.22. The fourth-order valence-corrected chi connectivity index (χ4v) is 1.41. The first-order valence-electron chi connectivity index (χ1n) is 5.16. The number of carbonyl (C=O) groups excluding carboxylic acids is 1. The second-order valence-corrected chi connectivity index (χ2v) is 3.46. The lowest BCUT2D eigenvalue weighted by molar-refractivity contribution is -0.136. The van der Waals surface area contributed by atoms with Crippen molar-refractivity contribution in [1.82, 2.24) is 4.90 Å². The average Bonchev–Trinajstić information content (AvgIpc) is 2.93. The van der Waals surface area contributed by atoms with Gasteiger partial charge in [0.2, 0.25) is 5.91 Å². The quantitative estimate of drug-likeness (QED) is 0.626. The predicted molar refractivity (Wildman–Crippen MR) is 51.5 cm³/mol. The van der Waals surface area contributed by atoms with Gasteiger partial charge >= 0.3 is 0 Å². The topological polar surface area (TPSA) is 29.5 Å². The lowest BCUT2D eigenvalue weighted by Crippen LogP contribution is -2.36. The Hall–Kier alpha value is -0.570. The van der Waals surface area contributed by atoms with Gasteiger partial charge in [0.15, 0.2) is 0 Å². The summed E-state index contributed by atoms with van der Waals surface area (Å²) in [6.07, 6.45) is 3.39. The van der Waals surface area contributed by atoms with Crippen LogP contribution in [0.5, 0.6) is 0 Å². The summed E-state index contributed by atoms with van der Waals surface area (Å²) in [4.78, 5) is 13.5. The molecule has 0 unspecified atom stereocenters. The highest BCUT2D eigenvalue weighted by Gasteiger charge is 2.31. The van der Waals surface area contributed by atoms with Crippen LogP contribution in [0.2, 0.25) is 0 Å². The zero-order valence-electron chi connectivity index (χ0n) is 8.58. The average molecular weight is 185 g/mol. The fraction of sp³-hybridized carbons (Fsp3) is 0.900. The molecule has 0 bridgehead atoms. The van der Waals surface area contributed by atoms with E-state index in [0.29, 0.717) is 12.6 Å². The lowest BCUT2D eigenvalue weighted by Gasteiger charge is -2.21. The number of ether oxygens (including phenoxy) is 1. The van der Waals surface area contributed by atoms with E-state index in [2.05, 4.69) is 6.92 Å². The van der Waals surface area contributed by atoms with Gasteiger partial charge in [0.05, 0.1) is 0 Å². The molecule has 0 atom stereocenters. The minimum Gasteiger partial charge on any atom is -0.372 e. The Bertz CT molecular complexity index is 166. The molecular formula is C10H19NO2. The van der Waals surface area contributed by atoms with Gasteiger partial charge < -0.3 is 9.64 Å². The molecule has 0 saturated heterocycles. The van der Waals surface area contributed by atoms with Crippen LogP contribution in [0.15, 0.2) is 0 Å². The van der Waals surface area contributed by atoms with Crippen molar-refractivity contribution in [2.24, 2.45) is 0 Å². The van der Waals surface area contributed by atoms with E-state index in [1.54, 1.807) is 0 Å². The SMILES string of the molecule is CCCN(C(=O)COCC)C1CC1. The van der Waals surface area contributed by atoms with Crippen molar-refractivity contribution in [3.05, 3.63) is 0 Å². The van der Waals surface area contributed by atoms with E-state index in [1.807, 2.05) is 11.8 Å². The molecule has 1 saturated carbocycles. The summed E-state index contributed by atoms with van der Waals surface area (Å²) in [7, 11) is 0. The summed E-state index contributed by atoms with van der Waals surface area (Å²) < 4.78 is 5.11. The number of amides is 1. The molecule has 0 heterocycles. The molecule has 1 amide bonds. The minimum atomic E-state index is 0.159. The molecule has 0 aromatic heterocycles. The van der Waals surface area contributed by atoms with Crippen LogP contribution < -0.4 is 0 Å². The third kappa shape index (κ3) is 3.35. The summed E-state index contributed by atoms with van der Waals surface area (Å²) in [5.41, 5.74) is 0. The Morgan fingerprint density at radius 2 is 2.15 bits per heavy atom. The third-order valence-corrected chi connectivity index (χ3v) is 2.20. The van der Waals surface area contributed by atoms with Crippen molar-refractivity contribution in [2.45, 2.75) is 39.2 Å². The third-order valence-electron chi connectivity index (χ3n) is 2.20. The van der Waals surface area contributed by atoms with Gasteiger partial charge in [-0.3, -0.25) is 4.79 Å². The Morgan fingerprint density at radius 1 is 1.46 bits per heavy atom. The van der Waals surface area contributed by atoms with Gasteiger partial charge in [-0.2, -0.15) is 0 Å². The van der Waals surface area contributed by atoms with E-state index in [-0.39, 0.29) is 12.5 Å². The summed E-state index contributed by atoms with van der Waals surface area (Å²) in [6.45, 7) is 5.78. The van der Waals surface area contributed by atoms with Crippen molar-refractivity contribution in [3.63, 3.8) is 0 Å². The first kappa shape index (κ1) is 10.5. The first-order valence-corrected chi connectivity index (χ1v) is 5.16. The van der Waals surface area contributed by atoms with Gasteiger partial charge in [-0.1, -0.05) is 6.92 Å². The number of carbonyl (C=O) groups is 1. The maximum atomic E-state index is 11.6. The number of nitrogens with zero attached hydrogens (tertiary/aromatic N) is 1. The molecule has 0 aromatic rings. The van der Waals surface area contributed by atoms with Crippen LogP contribution >= 0.6 is 0 Å². The van der Waals surface area contributed by atoms with E-state index in [4.69, 9.17) is 4.74 Å². The van der Waals surface area contributed by atoms with Crippen molar-refractivity contribution >= 4 is 5.91 Å². The normalized spacial score (nSPS) is 15.8. The zero-order valence-corrected chi connectivity index (χ0v) is 8.58. The van der Waals surface area contributed by atoms with E-state index in [0.717, 1.165) is 13.0 Å². The van der Waals surface area contributed by atoms with Gasteiger partial charge in [0.1, 0.15) is 6.61 Å². The molecule has 76 valence electrons. The monoisotopic (exact) mass is 185 g/mol. The van der Waals surface area contributed by atoms with Crippen molar-refractivity contribution in [2.75, 3.05) is 19.8 Å². The standard InChI is InChI=1S/C10H19NO2/c1-3-7-11(9-5-6-9)10(12)8-13-4-2/h9H,3-8H2,1-2H3. The molecule has 0 N–H and O–H groups in total. The molecule has 1 aliphatic rings. The molecule has 3 nitrogen and oxygen atoms in total. The van der Waals surface area contributed by atoms with Crippen molar-refractivity contribution in [3.8, 4) is 0 Å². The lowest BCUT2D eigenvalue weighted by atomic mass is 10.4. The Morgan fingerprint density at radius 3 is 2.62 bits per heavy atom. The van der Waals surface area contributed by atoms with Gasteiger partial charge in [0.25, 0.3) is 0 Å². The van der Waals surface area contributed by atoms with Crippen LogP contribution in [0, 0.1) is 0 Å². The Kier molecular flexibility index (Phi) is 4.22. The molecule has 1 aliphatic carbocycles. The molecule has 1 fully saturated rings. The van der Waals surface area contributed by atoms with Crippen LogP contribution in [0.25, 0.3) is 0 Å². The number of hydrogen-bond donors (Lipinski definition) is 0. The number of rotatable bonds is 6. The second-order valence-electron chi connectivity index (χ2n) is 3.46. The van der Waals surface area contributed by atoms with Crippen LogP contribution in [0.3, 0.4) is 0 Å².